The molecule has 4 nitrogen and oxygen atoms in total. The van der Waals surface area contributed by atoms with Gasteiger partial charge < -0.3 is 9.47 Å². The van der Waals surface area contributed by atoms with Gasteiger partial charge in [0, 0.05) is 6.21 Å². The summed E-state index contributed by atoms with van der Waals surface area (Å²) in [6.07, 6.45) is 1.78. The van der Waals surface area contributed by atoms with Crippen LogP contribution in [0.5, 0.6) is 5.75 Å². The lowest BCUT2D eigenvalue weighted by molar-refractivity contribution is 0.0526. The van der Waals surface area contributed by atoms with E-state index in [2.05, 4.69) is 4.99 Å². The quantitative estimate of drug-likeness (QED) is 0.431. The molecule has 0 radical (unpaired) electrons. The average Bonchev–Trinajstić information content (AvgIpc) is 2.73. The van der Waals surface area contributed by atoms with Crippen LogP contribution in [0.4, 0.5) is 5.69 Å². The smallest absolute Gasteiger partial charge is 0.338 e. The van der Waals surface area contributed by atoms with Gasteiger partial charge in [-0.25, -0.2) is 4.79 Å². The molecule has 3 aromatic carbocycles. The lowest BCUT2D eigenvalue weighted by Gasteiger charge is -2.06. The molecule has 0 unspecified atom stereocenters. The number of hydrogen-bond donors (Lipinski definition) is 0. The topological polar surface area (TPSA) is 47.9 Å². The molecule has 0 spiro atoms. The highest BCUT2D eigenvalue weighted by Crippen LogP contribution is 2.16. The molecule has 0 atom stereocenters. The van der Waals surface area contributed by atoms with Crippen molar-refractivity contribution in [1.29, 1.82) is 0 Å². The number of ether oxygens (including phenoxy) is 2. The third kappa shape index (κ3) is 5.54. The first kappa shape index (κ1) is 18.4. The van der Waals surface area contributed by atoms with Gasteiger partial charge in [0.15, 0.2) is 0 Å². The maximum atomic E-state index is 11.6. The summed E-state index contributed by atoms with van der Waals surface area (Å²) < 4.78 is 10.7. The minimum atomic E-state index is -0.320. The van der Waals surface area contributed by atoms with Gasteiger partial charge in [-0.15, -0.1) is 0 Å². The third-order valence-corrected chi connectivity index (χ3v) is 3.87. The van der Waals surface area contributed by atoms with Crippen molar-refractivity contribution in [3.8, 4) is 5.75 Å². The van der Waals surface area contributed by atoms with Crippen LogP contribution in [-0.4, -0.2) is 18.8 Å². The fourth-order valence-corrected chi connectivity index (χ4v) is 2.44. The van der Waals surface area contributed by atoms with E-state index in [0.29, 0.717) is 18.8 Å². The predicted molar refractivity (Wildman–Crippen MR) is 107 cm³/mol. The lowest BCUT2D eigenvalue weighted by atomic mass is 10.2. The van der Waals surface area contributed by atoms with Crippen molar-refractivity contribution >= 4 is 17.9 Å². The minimum Gasteiger partial charge on any atom is -0.489 e. The summed E-state index contributed by atoms with van der Waals surface area (Å²) in [5, 5.41) is 0. The summed E-state index contributed by atoms with van der Waals surface area (Å²) in [5.41, 5.74) is 3.40. The Bertz CT molecular complexity index is 885. The molecule has 0 bridgehead atoms. The molecule has 0 amide bonds. The second-order valence-corrected chi connectivity index (χ2v) is 5.87. The molecule has 0 saturated carbocycles. The zero-order valence-electron chi connectivity index (χ0n) is 15.2. The van der Waals surface area contributed by atoms with Crippen molar-refractivity contribution in [2.45, 2.75) is 13.5 Å². The van der Waals surface area contributed by atoms with Crippen LogP contribution in [0.25, 0.3) is 0 Å². The first-order valence-electron chi connectivity index (χ1n) is 8.82. The Morgan fingerprint density at radius 1 is 0.926 bits per heavy atom. The van der Waals surface area contributed by atoms with E-state index in [1.807, 2.05) is 54.6 Å². The Hall–Kier alpha value is -3.40. The summed E-state index contributed by atoms with van der Waals surface area (Å²) in [5.74, 6) is 0.494. The van der Waals surface area contributed by atoms with Gasteiger partial charge in [0.2, 0.25) is 0 Å². The monoisotopic (exact) mass is 359 g/mol. The van der Waals surface area contributed by atoms with Crippen molar-refractivity contribution in [3.63, 3.8) is 0 Å². The van der Waals surface area contributed by atoms with Crippen LogP contribution in [-0.2, 0) is 11.3 Å². The van der Waals surface area contributed by atoms with Crippen molar-refractivity contribution in [2.75, 3.05) is 6.61 Å². The fourth-order valence-electron chi connectivity index (χ4n) is 2.44. The number of hydrogen-bond acceptors (Lipinski definition) is 4. The third-order valence-electron chi connectivity index (χ3n) is 3.87. The molecule has 0 N–H and O–H groups in total. The summed E-state index contributed by atoms with van der Waals surface area (Å²) in [4.78, 5) is 16.1. The van der Waals surface area contributed by atoms with E-state index in [0.717, 1.165) is 22.6 Å². The van der Waals surface area contributed by atoms with Gasteiger partial charge in [-0.1, -0.05) is 30.3 Å². The molecule has 27 heavy (non-hydrogen) atoms. The van der Waals surface area contributed by atoms with E-state index >= 15 is 0 Å². The number of esters is 1. The lowest BCUT2D eigenvalue weighted by Crippen LogP contribution is -2.03. The normalized spacial score (nSPS) is 10.7. The molecule has 0 heterocycles. The Morgan fingerprint density at radius 2 is 1.63 bits per heavy atom. The van der Waals surface area contributed by atoms with Gasteiger partial charge in [0.25, 0.3) is 0 Å². The molecule has 0 saturated heterocycles. The zero-order valence-corrected chi connectivity index (χ0v) is 15.2. The van der Waals surface area contributed by atoms with Crippen LogP contribution < -0.4 is 4.74 Å². The van der Waals surface area contributed by atoms with E-state index in [1.54, 1.807) is 37.4 Å². The first-order valence-corrected chi connectivity index (χ1v) is 8.82. The van der Waals surface area contributed by atoms with Crippen molar-refractivity contribution in [1.82, 2.24) is 0 Å². The number of nitrogens with zero attached hydrogens (tertiary/aromatic N) is 1. The zero-order chi connectivity index (χ0) is 18.9. The molecule has 3 aromatic rings. The molecule has 4 heteroatoms. The van der Waals surface area contributed by atoms with Gasteiger partial charge in [0.05, 0.1) is 17.9 Å². The van der Waals surface area contributed by atoms with Crippen LogP contribution >= 0.6 is 0 Å². The Labute approximate surface area is 159 Å². The number of benzene rings is 3. The first-order chi connectivity index (χ1) is 13.2. The number of carbonyl (C=O) groups excluding carboxylic acids is 1. The van der Waals surface area contributed by atoms with E-state index < -0.39 is 0 Å². The predicted octanol–water partition coefficient (Wildman–Crippen LogP) is 5.19. The van der Waals surface area contributed by atoms with Crippen molar-refractivity contribution in [2.24, 2.45) is 4.99 Å². The molecule has 0 fully saturated rings. The summed E-state index contributed by atoms with van der Waals surface area (Å²) in [7, 11) is 0. The largest absolute Gasteiger partial charge is 0.489 e. The average molecular weight is 359 g/mol. The van der Waals surface area contributed by atoms with Crippen LogP contribution in [0.3, 0.4) is 0 Å². The molecule has 3 rings (SSSR count). The maximum absolute atomic E-state index is 11.6. The minimum absolute atomic E-state index is 0.320. The highest BCUT2D eigenvalue weighted by atomic mass is 16.5. The summed E-state index contributed by atoms with van der Waals surface area (Å²) in [6.45, 7) is 2.69. The molecular formula is C23H21NO3. The Kier molecular flexibility index (Phi) is 6.36. The molecule has 136 valence electrons. The summed E-state index contributed by atoms with van der Waals surface area (Å²) >= 11 is 0. The van der Waals surface area contributed by atoms with E-state index in [1.165, 1.54) is 0 Å². The van der Waals surface area contributed by atoms with Gasteiger partial charge in [-0.05, 0) is 66.6 Å². The van der Waals surface area contributed by atoms with E-state index in [-0.39, 0.29) is 5.97 Å². The number of rotatable bonds is 7. The molecule has 0 aromatic heterocycles. The van der Waals surface area contributed by atoms with E-state index in [4.69, 9.17) is 9.47 Å². The number of carbonyl (C=O) groups is 1. The van der Waals surface area contributed by atoms with Gasteiger partial charge in [-0.3, -0.25) is 4.99 Å². The Balaban J connectivity index is 1.56. The van der Waals surface area contributed by atoms with Gasteiger partial charge >= 0.3 is 5.97 Å². The Morgan fingerprint density at radius 3 is 2.30 bits per heavy atom. The van der Waals surface area contributed by atoms with Crippen LogP contribution in [0, 0.1) is 0 Å². The highest BCUT2D eigenvalue weighted by molar-refractivity contribution is 5.90. The van der Waals surface area contributed by atoms with Crippen LogP contribution in [0.2, 0.25) is 0 Å². The van der Waals surface area contributed by atoms with Crippen LogP contribution in [0.1, 0.15) is 28.4 Å². The van der Waals surface area contributed by atoms with Crippen molar-refractivity contribution < 1.29 is 14.3 Å². The van der Waals surface area contributed by atoms with Gasteiger partial charge in [0.1, 0.15) is 12.4 Å². The van der Waals surface area contributed by atoms with Crippen molar-refractivity contribution in [3.05, 3.63) is 95.6 Å². The molecular weight excluding hydrogens is 338 g/mol. The van der Waals surface area contributed by atoms with Gasteiger partial charge in [-0.2, -0.15) is 0 Å². The fraction of sp³-hybridized carbons (Fsp3) is 0.130. The summed E-state index contributed by atoms with van der Waals surface area (Å²) in [6, 6.07) is 24.8. The number of aliphatic imine (C=N–C) groups is 1. The molecule has 0 aliphatic carbocycles. The molecule has 0 aliphatic rings. The second kappa shape index (κ2) is 9.34. The maximum Gasteiger partial charge on any atom is 0.338 e. The SMILES string of the molecule is CCOC(=O)c1ccc(N=Cc2ccc(OCc3ccccc3)cc2)cc1. The second-order valence-electron chi connectivity index (χ2n) is 5.87. The standard InChI is InChI=1S/C23H21NO3/c1-2-26-23(25)20-10-12-21(13-11-20)24-16-18-8-14-22(15-9-18)27-17-19-6-4-3-5-7-19/h3-16H,2,17H2,1H3. The molecule has 0 aliphatic heterocycles. The highest BCUT2D eigenvalue weighted by Gasteiger charge is 2.04. The van der Waals surface area contributed by atoms with E-state index in [9.17, 15) is 4.79 Å². The van der Waals surface area contributed by atoms with Crippen LogP contribution in [0.15, 0.2) is 83.9 Å².